The van der Waals surface area contributed by atoms with Crippen molar-refractivity contribution >= 4 is 0 Å². The number of hydrogen-bond donors (Lipinski definition) is 1. The van der Waals surface area contributed by atoms with E-state index in [1.807, 2.05) is 0 Å². The fourth-order valence-electron chi connectivity index (χ4n) is 3.94. The first kappa shape index (κ1) is 10.6. The summed E-state index contributed by atoms with van der Waals surface area (Å²) in [4.78, 5) is 0. The highest BCUT2D eigenvalue weighted by Crippen LogP contribution is 2.50. The van der Waals surface area contributed by atoms with Gasteiger partial charge in [0.2, 0.25) is 0 Å². The summed E-state index contributed by atoms with van der Waals surface area (Å²) in [6.07, 6.45) is 11.5. The van der Waals surface area contributed by atoms with Crippen LogP contribution in [-0.4, -0.2) is 12.6 Å². The molecule has 2 fully saturated rings. The molecular formula is C14H23NO. The smallest absolute Gasteiger partial charge is 0.109 e. The maximum atomic E-state index is 6.27. The van der Waals surface area contributed by atoms with E-state index in [9.17, 15) is 0 Å². The first-order valence-corrected chi connectivity index (χ1v) is 6.91. The van der Waals surface area contributed by atoms with E-state index < -0.39 is 0 Å². The molecule has 16 heavy (non-hydrogen) atoms. The fraction of sp³-hybridized carbons (Fsp3) is 0.857. The Morgan fingerprint density at radius 1 is 1.38 bits per heavy atom. The van der Waals surface area contributed by atoms with E-state index in [1.54, 1.807) is 0 Å². The Labute approximate surface area is 98.2 Å². The lowest BCUT2D eigenvalue weighted by molar-refractivity contribution is 0.163. The molecule has 3 rings (SSSR count). The van der Waals surface area contributed by atoms with E-state index in [2.05, 4.69) is 6.08 Å². The van der Waals surface area contributed by atoms with Crippen molar-refractivity contribution < 1.29 is 4.74 Å². The third-order valence-corrected chi connectivity index (χ3v) is 4.77. The molecule has 0 aromatic rings. The van der Waals surface area contributed by atoms with Gasteiger partial charge in [-0.15, -0.1) is 0 Å². The highest BCUT2D eigenvalue weighted by Gasteiger charge is 2.40. The topological polar surface area (TPSA) is 35.2 Å². The van der Waals surface area contributed by atoms with Gasteiger partial charge >= 0.3 is 0 Å². The van der Waals surface area contributed by atoms with Gasteiger partial charge in [0.1, 0.15) is 5.76 Å². The standard InChI is InChI=1S/C14H23NO/c15-13(14-3-1-2-6-16-14)9-12-8-10-4-5-11(12)7-10/h3,10-13H,1-2,4-9,15H2. The molecule has 4 unspecified atom stereocenters. The predicted octanol–water partition coefficient (Wildman–Crippen LogP) is 2.83. The van der Waals surface area contributed by atoms with Gasteiger partial charge in [-0.05, 0) is 62.4 Å². The largest absolute Gasteiger partial charge is 0.497 e. The minimum atomic E-state index is 0.171. The second kappa shape index (κ2) is 4.40. The van der Waals surface area contributed by atoms with E-state index >= 15 is 0 Å². The van der Waals surface area contributed by atoms with Crippen LogP contribution in [0.3, 0.4) is 0 Å². The fourth-order valence-corrected chi connectivity index (χ4v) is 3.94. The van der Waals surface area contributed by atoms with Gasteiger partial charge in [0.15, 0.2) is 0 Å². The van der Waals surface area contributed by atoms with Crippen LogP contribution in [0.4, 0.5) is 0 Å². The first-order valence-electron chi connectivity index (χ1n) is 6.91. The molecule has 90 valence electrons. The minimum Gasteiger partial charge on any atom is -0.497 e. The summed E-state index contributed by atoms with van der Waals surface area (Å²) < 4.78 is 5.67. The van der Waals surface area contributed by atoms with Crippen LogP contribution in [0.1, 0.15) is 44.9 Å². The van der Waals surface area contributed by atoms with Gasteiger partial charge in [-0.1, -0.05) is 6.42 Å². The van der Waals surface area contributed by atoms with Crippen molar-refractivity contribution in [2.75, 3.05) is 6.61 Å². The lowest BCUT2D eigenvalue weighted by atomic mass is 9.84. The molecule has 0 saturated heterocycles. The molecular weight excluding hydrogens is 198 g/mol. The Balaban J connectivity index is 1.56. The van der Waals surface area contributed by atoms with Crippen molar-refractivity contribution in [3.63, 3.8) is 0 Å². The van der Waals surface area contributed by atoms with Crippen LogP contribution in [0.15, 0.2) is 11.8 Å². The summed E-state index contributed by atoms with van der Waals surface area (Å²) in [5, 5.41) is 0. The van der Waals surface area contributed by atoms with Gasteiger partial charge in [0.25, 0.3) is 0 Å². The summed E-state index contributed by atoms with van der Waals surface area (Å²) in [6, 6.07) is 0.171. The molecule has 0 radical (unpaired) electrons. The van der Waals surface area contributed by atoms with Crippen molar-refractivity contribution in [3.05, 3.63) is 11.8 Å². The van der Waals surface area contributed by atoms with Gasteiger partial charge in [0.05, 0.1) is 12.6 Å². The lowest BCUT2D eigenvalue weighted by Crippen LogP contribution is -2.30. The van der Waals surface area contributed by atoms with Crippen LogP contribution >= 0.6 is 0 Å². The van der Waals surface area contributed by atoms with Crippen molar-refractivity contribution in [2.24, 2.45) is 23.5 Å². The highest BCUT2D eigenvalue weighted by molar-refractivity contribution is 5.06. The van der Waals surface area contributed by atoms with Crippen molar-refractivity contribution in [1.82, 2.24) is 0 Å². The summed E-state index contributed by atoms with van der Waals surface area (Å²) in [6.45, 7) is 0.871. The molecule has 1 heterocycles. The molecule has 2 aliphatic carbocycles. The number of nitrogens with two attached hydrogens (primary N) is 1. The number of ether oxygens (including phenoxy) is 1. The van der Waals surface area contributed by atoms with Gasteiger partial charge in [-0.2, -0.15) is 0 Å². The van der Waals surface area contributed by atoms with Gasteiger partial charge in [-0.3, -0.25) is 0 Å². The number of rotatable bonds is 3. The van der Waals surface area contributed by atoms with E-state index in [1.165, 1.54) is 25.7 Å². The molecule has 1 aliphatic heterocycles. The van der Waals surface area contributed by atoms with Crippen LogP contribution < -0.4 is 5.73 Å². The molecule has 0 aromatic carbocycles. The van der Waals surface area contributed by atoms with E-state index in [-0.39, 0.29) is 6.04 Å². The van der Waals surface area contributed by atoms with Gasteiger partial charge < -0.3 is 10.5 Å². The van der Waals surface area contributed by atoms with Gasteiger partial charge in [-0.25, -0.2) is 0 Å². The average molecular weight is 221 g/mol. The Kier molecular flexibility index (Phi) is 2.93. The zero-order valence-corrected chi connectivity index (χ0v) is 10.0. The molecule has 2 saturated carbocycles. The molecule has 2 nitrogen and oxygen atoms in total. The third-order valence-electron chi connectivity index (χ3n) is 4.77. The monoisotopic (exact) mass is 221 g/mol. The van der Waals surface area contributed by atoms with E-state index in [0.29, 0.717) is 0 Å². The molecule has 0 aromatic heterocycles. The second-order valence-corrected chi connectivity index (χ2v) is 5.87. The molecule has 2 N–H and O–H groups in total. The number of fused-ring (bicyclic) bond motifs is 2. The van der Waals surface area contributed by atoms with Crippen molar-refractivity contribution in [1.29, 1.82) is 0 Å². The Hall–Kier alpha value is -0.500. The highest BCUT2D eigenvalue weighted by atomic mass is 16.5. The molecule has 2 bridgehead atoms. The predicted molar refractivity (Wildman–Crippen MR) is 64.8 cm³/mol. The van der Waals surface area contributed by atoms with Gasteiger partial charge in [0, 0.05) is 0 Å². The van der Waals surface area contributed by atoms with Crippen LogP contribution in [0.5, 0.6) is 0 Å². The van der Waals surface area contributed by atoms with E-state index in [4.69, 9.17) is 10.5 Å². The Morgan fingerprint density at radius 2 is 2.31 bits per heavy atom. The Bertz CT molecular complexity index is 286. The van der Waals surface area contributed by atoms with Crippen LogP contribution in [0.25, 0.3) is 0 Å². The normalized spacial score (nSPS) is 39.3. The zero-order valence-electron chi connectivity index (χ0n) is 10.0. The quantitative estimate of drug-likeness (QED) is 0.795. The summed E-state index contributed by atoms with van der Waals surface area (Å²) in [5.41, 5.74) is 6.27. The molecule has 2 heteroatoms. The molecule has 0 amide bonds. The average Bonchev–Trinajstić information content (AvgIpc) is 2.92. The summed E-state index contributed by atoms with van der Waals surface area (Å²) in [7, 11) is 0. The zero-order chi connectivity index (χ0) is 11.0. The van der Waals surface area contributed by atoms with Crippen LogP contribution in [0, 0.1) is 17.8 Å². The van der Waals surface area contributed by atoms with E-state index in [0.717, 1.165) is 49.4 Å². The summed E-state index contributed by atoms with van der Waals surface area (Å²) >= 11 is 0. The SMILES string of the molecule is NC(CC1CC2CCC1C2)C1=CCCCO1. The number of hydrogen-bond acceptors (Lipinski definition) is 2. The van der Waals surface area contributed by atoms with Crippen LogP contribution in [-0.2, 0) is 4.74 Å². The summed E-state index contributed by atoms with van der Waals surface area (Å²) in [5.74, 6) is 3.98. The number of allylic oxidation sites excluding steroid dienone is 1. The van der Waals surface area contributed by atoms with Crippen LogP contribution in [0.2, 0.25) is 0 Å². The lowest BCUT2D eigenvalue weighted by Gasteiger charge is -2.27. The van der Waals surface area contributed by atoms with Crippen molar-refractivity contribution in [2.45, 2.75) is 51.0 Å². The molecule has 3 aliphatic rings. The minimum absolute atomic E-state index is 0.171. The molecule has 0 spiro atoms. The second-order valence-electron chi connectivity index (χ2n) is 5.87. The molecule has 4 atom stereocenters. The maximum Gasteiger partial charge on any atom is 0.109 e. The Morgan fingerprint density at radius 3 is 2.94 bits per heavy atom. The first-order chi connectivity index (χ1) is 7.83. The van der Waals surface area contributed by atoms with Crippen molar-refractivity contribution in [3.8, 4) is 0 Å². The maximum absolute atomic E-state index is 6.27. The third kappa shape index (κ3) is 2.00.